The summed E-state index contributed by atoms with van der Waals surface area (Å²) < 4.78 is 5.69. The Kier molecular flexibility index (Phi) is 5.46. The van der Waals surface area contributed by atoms with Crippen molar-refractivity contribution in [2.45, 2.75) is 18.9 Å². The molecule has 1 aliphatic rings. The van der Waals surface area contributed by atoms with Crippen LogP contribution in [0, 0.1) is 11.3 Å². The van der Waals surface area contributed by atoms with Crippen molar-refractivity contribution in [1.82, 2.24) is 9.97 Å². The molecule has 1 atom stereocenters. The third-order valence-electron chi connectivity index (χ3n) is 4.56. The quantitative estimate of drug-likeness (QED) is 0.670. The van der Waals surface area contributed by atoms with Gasteiger partial charge in [0.05, 0.1) is 17.7 Å². The third kappa shape index (κ3) is 4.45. The molecule has 28 heavy (non-hydrogen) atoms. The fourth-order valence-electron chi connectivity index (χ4n) is 3.16. The van der Waals surface area contributed by atoms with Gasteiger partial charge in [-0.05, 0) is 31.0 Å². The Morgan fingerprint density at radius 1 is 1.04 bits per heavy atom. The average Bonchev–Trinajstić information content (AvgIpc) is 3.27. The summed E-state index contributed by atoms with van der Waals surface area (Å²) in [6.07, 6.45) is 2.39. The number of nitriles is 1. The van der Waals surface area contributed by atoms with Crippen molar-refractivity contribution in [3.8, 4) is 17.5 Å². The van der Waals surface area contributed by atoms with Crippen LogP contribution in [0.2, 0.25) is 0 Å². The summed E-state index contributed by atoms with van der Waals surface area (Å²) in [4.78, 5) is 9.33. The molecule has 3 aromatic rings. The molecule has 6 nitrogen and oxygen atoms in total. The lowest BCUT2D eigenvalue weighted by molar-refractivity contribution is 0.120. The van der Waals surface area contributed by atoms with Crippen LogP contribution >= 0.6 is 0 Å². The lowest BCUT2D eigenvalue weighted by atomic mass is 10.2. The first-order chi connectivity index (χ1) is 13.8. The smallest absolute Gasteiger partial charge is 0.163 e. The lowest BCUT2D eigenvalue weighted by Gasteiger charge is -2.14. The number of nitrogens with zero attached hydrogens (tertiary/aromatic N) is 3. The normalized spacial score (nSPS) is 15.8. The second kappa shape index (κ2) is 8.51. The molecule has 0 saturated carbocycles. The van der Waals surface area contributed by atoms with Crippen molar-refractivity contribution in [2.75, 3.05) is 23.8 Å². The van der Waals surface area contributed by atoms with Gasteiger partial charge in [0.15, 0.2) is 5.82 Å². The molecule has 140 valence electrons. The van der Waals surface area contributed by atoms with Crippen molar-refractivity contribution in [1.29, 1.82) is 5.26 Å². The Labute approximate surface area is 164 Å². The Morgan fingerprint density at radius 2 is 1.89 bits per heavy atom. The van der Waals surface area contributed by atoms with Crippen LogP contribution in [0.5, 0.6) is 0 Å². The Hall–Kier alpha value is -3.43. The Morgan fingerprint density at radius 3 is 2.68 bits per heavy atom. The highest BCUT2D eigenvalue weighted by molar-refractivity contribution is 5.65. The number of aromatic nitrogens is 2. The molecule has 0 radical (unpaired) electrons. The van der Waals surface area contributed by atoms with Crippen LogP contribution in [0.25, 0.3) is 11.4 Å². The second-order valence-corrected chi connectivity index (χ2v) is 6.66. The number of hydrogen-bond donors (Lipinski definition) is 2. The van der Waals surface area contributed by atoms with E-state index in [0.29, 0.717) is 23.8 Å². The molecule has 1 aromatic heterocycles. The molecule has 6 heteroatoms. The van der Waals surface area contributed by atoms with E-state index in [4.69, 9.17) is 10.00 Å². The summed E-state index contributed by atoms with van der Waals surface area (Å²) in [6, 6.07) is 21.2. The van der Waals surface area contributed by atoms with Gasteiger partial charge in [0.2, 0.25) is 0 Å². The van der Waals surface area contributed by atoms with Crippen LogP contribution in [0.1, 0.15) is 18.4 Å². The molecule has 0 amide bonds. The first kappa shape index (κ1) is 18.0. The largest absolute Gasteiger partial charge is 0.376 e. The lowest BCUT2D eigenvalue weighted by Crippen LogP contribution is -2.19. The van der Waals surface area contributed by atoms with Crippen LogP contribution in [-0.2, 0) is 4.74 Å². The van der Waals surface area contributed by atoms with Gasteiger partial charge >= 0.3 is 0 Å². The van der Waals surface area contributed by atoms with Gasteiger partial charge in [-0.15, -0.1) is 0 Å². The van der Waals surface area contributed by atoms with Gasteiger partial charge in [0.25, 0.3) is 0 Å². The van der Waals surface area contributed by atoms with E-state index in [2.05, 4.69) is 26.7 Å². The minimum Gasteiger partial charge on any atom is -0.376 e. The van der Waals surface area contributed by atoms with Crippen molar-refractivity contribution in [3.05, 3.63) is 66.2 Å². The number of benzene rings is 2. The second-order valence-electron chi connectivity index (χ2n) is 6.66. The first-order valence-corrected chi connectivity index (χ1v) is 9.37. The van der Waals surface area contributed by atoms with Gasteiger partial charge in [-0.25, -0.2) is 9.97 Å². The van der Waals surface area contributed by atoms with Crippen LogP contribution in [0.3, 0.4) is 0 Å². The predicted octanol–water partition coefficient (Wildman–Crippen LogP) is 4.35. The highest BCUT2D eigenvalue weighted by Gasteiger charge is 2.16. The number of nitrogens with one attached hydrogen (secondary N) is 2. The number of rotatable bonds is 6. The van der Waals surface area contributed by atoms with Gasteiger partial charge < -0.3 is 15.4 Å². The Balaban J connectivity index is 1.61. The fourth-order valence-corrected chi connectivity index (χ4v) is 3.16. The maximum absolute atomic E-state index is 9.11. The zero-order valence-corrected chi connectivity index (χ0v) is 15.4. The summed E-state index contributed by atoms with van der Waals surface area (Å²) in [5, 5.41) is 15.8. The SMILES string of the molecule is N#Cc1cccc(Nc2cc(NCC3CCCO3)nc(-c3ccccc3)n2)c1. The van der Waals surface area contributed by atoms with Crippen LogP contribution in [-0.4, -0.2) is 29.2 Å². The molecular formula is C22H21N5O. The van der Waals surface area contributed by atoms with Crippen molar-refractivity contribution in [2.24, 2.45) is 0 Å². The van der Waals surface area contributed by atoms with E-state index in [0.717, 1.165) is 36.5 Å². The maximum atomic E-state index is 9.11. The van der Waals surface area contributed by atoms with Crippen LogP contribution in [0.15, 0.2) is 60.7 Å². The summed E-state index contributed by atoms with van der Waals surface area (Å²) >= 11 is 0. The van der Waals surface area contributed by atoms with Gasteiger partial charge in [-0.1, -0.05) is 36.4 Å². The third-order valence-corrected chi connectivity index (χ3v) is 4.56. The monoisotopic (exact) mass is 371 g/mol. The van der Waals surface area contributed by atoms with E-state index < -0.39 is 0 Å². The summed E-state index contributed by atoms with van der Waals surface area (Å²) in [6.45, 7) is 1.54. The van der Waals surface area contributed by atoms with Crippen molar-refractivity contribution < 1.29 is 4.74 Å². The molecule has 1 fully saturated rings. The van der Waals surface area contributed by atoms with Crippen molar-refractivity contribution >= 4 is 17.3 Å². The number of anilines is 3. The molecule has 2 heterocycles. The molecule has 0 spiro atoms. The molecule has 2 N–H and O–H groups in total. The molecule has 0 aliphatic carbocycles. The van der Waals surface area contributed by atoms with Crippen LogP contribution < -0.4 is 10.6 Å². The molecule has 1 saturated heterocycles. The van der Waals surface area contributed by atoms with E-state index in [-0.39, 0.29) is 6.10 Å². The molecule has 4 rings (SSSR count). The first-order valence-electron chi connectivity index (χ1n) is 9.37. The van der Waals surface area contributed by atoms with E-state index >= 15 is 0 Å². The summed E-state index contributed by atoms with van der Waals surface area (Å²) in [7, 11) is 0. The predicted molar refractivity (Wildman–Crippen MR) is 109 cm³/mol. The minimum atomic E-state index is 0.221. The Bertz CT molecular complexity index is 978. The molecular weight excluding hydrogens is 350 g/mol. The molecule has 1 aliphatic heterocycles. The van der Waals surface area contributed by atoms with Crippen LogP contribution in [0.4, 0.5) is 17.3 Å². The number of hydrogen-bond acceptors (Lipinski definition) is 6. The van der Waals surface area contributed by atoms with Gasteiger partial charge in [0, 0.05) is 30.5 Å². The van der Waals surface area contributed by atoms with Gasteiger partial charge in [-0.3, -0.25) is 0 Å². The average molecular weight is 371 g/mol. The summed E-state index contributed by atoms with van der Waals surface area (Å²) in [5.41, 5.74) is 2.35. The maximum Gasteiger partial charge on any atom is 0.163 e. The highest BCUT2D eigenvalue weighted by atomic mass is 16.5. The van der Waals surface area contributed by atoms with E-state index in [9.17, 15) is 0 Å². The van der Waals surface area contributed by atoms with E-state index in [1.807, 2.05) is 48.5 Å². The minimum absolute atomic E-state index is 0.221. The molecule has 0 bridgehead atoms. The fraction of sp³-hybridized carbons (Fsp3) is 0.227. The summed E-state index contributed by atoms with van der Waals surface area (Å²) in [5.74, 6) is 2.04. The van der Waals surface area contributed by atoms with E-state index in [1.165, 1.54) is 0 Å². The van der Waals surface area contributed by atoms with Gasteiger partial charge in [0.1, 0.15) is 11.6 Å². The van der Waals surface area contributed by atoms with Gasteiger partial charge in [-0.2, -0.15) is 5.26 Å². The topological polar surface area (TPSA) is 82.9 Å². The number of ether oxygens (including phenoxy) is 1. The standard InChI is InChI=1S/C22H21N5O/c23-14-16-6-4-9-18(12-16)25-21-13-20(24-15-19-10-5-11-28-19)26-22(27-21)17-7-2-1-3-8-17/h1-4,6-9,12-13,19H,5,10-11,15H2,(H2,24,25,26,27). The molecule has 1 unspecified atom stereocenters. The zero-order chi connectivity index (χ0) is 19.2. The van der Waals surface area contributed by atoms with E-state index in [1.54, 1.807) is 12.1 Å². The zero-order valence-electron chi connectivity index (χ0n) is 15.4. The van der Waals surface area contributed by atoms with Crippen molar-refractivity contribution in [3.63, 3.8) is 0 Å². The highest BCUT2D eigenvalue weighted by Crippen LogP contribution is 2.23. The molecule has 2 aromatic carbocycles.